The number of anilines is 2. The van der Waals surface area contributed by atoms with Gasteiger partial charge in [0, 0.05) is 24.5 Å². The number of aliphatic hydroxyl groups is 1. The van der Waals surface area contributed by atoms with Crippen molar-refractivity contribution in [3.05, 3.63) is 66.0 Å². The molecule has 3 N–H and O–H groups in total. The molecule has 1 aromatic carbocycles. The van der Waals surface area contributed by atoms with E-state index in [4.69, 9.17) is 0 Å². The van der Waals surface area contributed by atoms with Crippen molar-refractivity contribution in [2.24, 2.45) is 0 Å². The summed E-state index contributed by atoms with van der Waals surface area (Å²) in [7, 11) is 0. The average molecular weight is 429 g/mol. The molecule has 9 heteroatoms. The lowest BCUT2D eigenvalue weighted by atomic mass is 10.1. The molecule has 2 atom stereocenters. The summed E-state index contributed by atoms with van der Waals surface area (Å²) in [6, 6.07) is 12.9. The quantitative estimate of drug-likeness (QED) is 0.535. The predicted molar refractivity (Wildman–Crippen MR) is 111 cm³/mol. The van der Waals surface area contributed by atoms with E-state index in [2.05, 4.69) is 25.6 Å². The Morgan fingerprint density at radius 2 is 1.84 bits per heavy atom. The van der Waals surface area contributed by atoms with E-state index in [-0.39, 0.29) is 11.8 Å². The largest absolute Gasteiger partial charge is 0.421 e. The zero-order chi connectivity index (χ0) is 21.8. The minimum Gasteiger partial charge on any atom is -0.391 e. The number of nitrogens with zero attached hydrogens (tertiary/aromatic N) is 3. The fourth-order valence-electron chi connectivity index (χ4n) is 3.58. The van der Waals surface area contributed by atoms with Gasteiger partial charge in [-0.15, -0.1) is 0 Å². The maximum atomic E-state index is 13.4. The van der Waals surface area contributed by atoms with Crippen LogP contribution in [0.2, 0.25) is 0 Å². The Bertz CT molecular complexity index is 1010. The first-order valence-corrected chi connectivity index (χ1v) is 10.0. The van der Waals surface area contributed by atoms with E-state index in [0.717, 1.165) is 29.4 Å². The molecule has 0 saturated heterocycles. The van der Waals surface area contributed by atoms with Gasteiger partial charge in [0.05, 0.1) is 17.8 Å². The number of aliphatic hydroxyl groups excluding tert-OH is 1. The molecular formula is C22H22F3N5O. The average Bonchev–Trinajstić information content (AvgIpc) is 3.17. The molecule has 1 saturated carbocycles. The number of hydrogen-bond donors (Lipinski definition) is 3. The highest BCUT2D eigenvalue weighted by Crippen LogP contribution is 2.35. The molecule has 6 nitrogen and oxygen atoms in total. The smallest absolute Gasteiger partial charge is 0.391 e. The number of halogens is 3. The van der Waals surface area contributed by atoms with Gasteiger partial charge in [0.2, 0.25) is 5.95 Å². The first-order valence-electron chi connectivity index (χ1n) is 10.0. The van der Waals surface area contributed by atoms with Crippen LogP contribution in [0, 0.1) is 0 Å². The molecule has 2 heterocycles. The topological polar surface area (TPSA) is 83.0 Å². The maximum Gasteiger partial charge on any atom is 0.421 e. The van der Waals surface area contributed by atoms with Gasteiger partial charge >= 0.3 is 6.18 Å². The Hall–Kier alpha value is -3.20. The Labute approximate surface area is 177 Å². The SMILES string of the molecule is O[C@@H]1CCC[C@H]1Nc1nc(NCc2ccc(-c3ccccn3)cc2)ncc1C(F)(F)F. The molecule has 0 radical (unpaired) electrons. The van der Waals surface area contributed by atoms with Crippen LogP contribution in [-0.2, 0) is 12.7 Å². The van der Waals surface area contributed by atoms with E-state index in [0.29, 0.717) is 19.4 Å². The molecule has 1 aliphatic rings. The Balaban J connectivity index is 1.47. The molecule has 31 heavy (non-hydrogen) atoms. The molecule has 162 valence electrons. The van der Waals surface area contributed by atoms with Crippen LogP contribution in [0.3, 0.4) is 0 Å². The van der Waals surface area contributed by atoms with Gasteiger partial charge < -0.3 is 15.7 Å². The second-order valence-electron chi connectivity index (χ2n) is 7.47. The summed E-state index contributed by atoms with van der Waals surface area (Å²) in [6.45, 7) is 0.347. The fraction of sp³-hybridized carbons (Fsp3) is 0.318. The Kier molecular flexibility index (Phi) is 6.03. The number of benzene rings is 1. The first kappa shape index (κ1) is 21.0. The van der Waals surface area contributed by atoms with Gasteiger partial charge in [-0.05, 0) is 37.0 Å². The molecule has 1 aliphatic carbocycles. The predicted octanol–water partition coefficient (Wildman–Crippen LogP) is 4.49. The fourth-order valence-corrected chi connectivity index (χ4v) is 3.58. The van der Waals surface area contributed by atoms with Gasteiger partial charge in [-0.3, -0.25) is 4.98 Å². The highest BCUT2D eigenvalue weighted by atomic mass is 19.4. The van der Waals surface area contributed by atoms with Crippen molar-refractivity contribution in [3.8, 4) is 11.3 Å². The van der Waals surface area contributed by atoms with Crippen LogP contribution in [0.1, 0.15) is 30.4 Å². The molecule has 0 spiro atoms. The van der Waals surface area contributed by atoms with Crippen molar-refractivity contribution in [2.45, 2.75) is 44.1 Å². The monoisotopic (exact) mass is 429 g/mol. The molecular weight excluding hydrogens is 407 g/mol. The van der Waals surface area contributed by atoms with Crippen LogP contribution in [0.15, 0.2) is 54.9 Å². The molecule has 1 fully saturated rings. The summed E-state index contributed by atoms with van der Waals surface area (Å²) in [5.41, 5.74) is 1.80. The lowest BCUT2D eigenvalue weighted by molar-refractivity contribution is -0.137. The minimum absolute atomic E-state index is 0.0804. The molecule has 4 rings (SSSR count). The van der Waals surface area contributed by atoms with E-state index in [1.54, 1.807) is 6.20 Å². The van der Waals surface area contributed by atoms with Gasteiger partial charge in [-0.25, -0.2) is 4.98 Å². The highest BCUT2D eigenvalue weighted by molar-refractivity contribution is 5.59. The van der Waals surface area contributed by atoms with Crippen molar-refractivity contribution in [2.75, 3.05) is 10.6 Å². The van der Waals surface area contributed by atoms with E-state index in [1.807, 2.05) is 42.5 Å². The first-order chi connectivity index (χ1) is 14.9. The summed E-state index contributed by atoms with van der Waals surface area (Å²) >= 11 is 0. The van der Waals surface area contributed by atoms with Gasteiger partial charge in [0.1, 0.15) is 11.4 Å². The third-order valence-corrected chi connectivity index (χ3v) is 5.26. The maximum absolute atomic E-state index is 13.4. The van der Waals surface area contributed by atoms with Crippen molar-refractivity contribution in [1.82, 2.24) is 15.0 Å². The molecule has 2 aromatic heterocycles. The van der Waals surface area contributed by atoms with Crippen molar-refractivity contribution >= 4 is 11.8 Å². The van der Waals surface area contributed by atoms with E-state index in [9.17, 15) is 18.3 Å². The van der Waals surface area contributed by atoms with Crippen LogP contribution in [0.4, 0.5) is 24.9 Å². The van der Waals surface area contributed by atoms with Crippen molar-refractivity contribution in [1.29, 1.82) is 0 Å². The number of rotatable bonds is 6. The summed E-state index contributed by atoms with van der Waals surface area (Å²) in [5, 5.41) is 15.7. The number of alkyl halides is 3. The zero-order valence-electron chi connectivity index (χ0n) is 16.6. The lowest BCUT2D eigenvalue weighted by Crippen LogP contribution is -2.30. The minimum atomic E-state index is -4.59. The molecule has 0 amide bonds. The van der Waals surface area contributed by atoms with Crippen LogP contribution < -0.4 is 10.6 Å². The molecule has 3 aromatic rings. The van der Waals surface area contributed by atoms with Crippen LogP contribution in [-0.4, -0.2) is 32.2 Å². The number of aromatic nitrogens is 3. The third-order valence-electron chi connectivity index (χ3n) is 5.26. The molecule has 0 bridgehead atoms. The van der Waals surface area contributed by atoms with E-state index in [1.165, 1.54) is 0 Å². The summed E-state index contributed by atoms with van der Waals surface area (Å²) in [4.78, 5) is 12.2. The molecule has 0 unspecified atom stereocenters. The van der Waals surface area contributed by atoms with Crippen LogP contribution in [0.5, 0.6) is 0 Å². The highest BCUT2D eigenvalue weighted by Gasteiger charge is 2.37. The van der Waals surface area contributed by atoms with Gasteiger partial charge in [-0.2, -0.15) is 18.2 Å². The third kappa shape index (κ3) is 5.11. The number of nitrogens with one attached hydrogen (secondary N) is 2. The Morgan fingerprint density at radius 1 is 1.03 bits per heavy atom. The van der Waals surface area contributed by atoms with Crippen LogP contribution in [0.25, 0.3) is 11.3 Å². The van der Waals surface area contributed by atoms with E-state index < -0.39 is 23.9 Å². The Morgan fingerprint density at radius 3 is 2.48 bits per heavy atom. The van der Waals surface area contributed by atoms with Gasteiger partial charge in [-0.1, -0.05) is 30.3 Å². The summed E-state index contributed by atoms with van der Waals surface area (Å²) < 4.78 is 40.1. The second-order valence-corrected chi connectivity index (χ2v) is 7.47. The second kappa shape index (κ2) is 8.89. The summed E-state index contributed by atoms with van der Waals surface area (Å²) in [6.07, 6.45) is -0.884. The van der Waals surface area contributed by atoms with Crippen molar-refractivity contribution < 1.29 is 18.3 Å². The van der Waals surface area contributed by atoms with E-state index >= 15 is 0 Å². The number of pyridine rings is 1. The lowest BCUT2D eigenvalue weighted by Gasteiger charge is -2.20. The van der Waals surface area contributed by atoms with Gasteiger partial charge in [0.25, 0.3) is 0 Å². The molecule has 0 aliphatic heterocycles. The zero-order valence-corrected chi connectivity index (χ0v) is 16.6. The van der Waals surface area contributed by atoms with Gasteiger partial charge in [0.15, 0.2) is 0 Å². The normalized spacial score (nSPS) is 18.7. The standard InChI is InChI=1S/C22H22F3N5O/c23-22(24,25)16-13-28-21(30-20(16)29-18-5-3-6-19(18)31)27-12-14-7-9-15(10-8-14)17-4-1-2-11-26-17/h1-2,4,7-11,13,18-19,31H,3,5-6,12H2,(H2,27,28,29,30)/t18-,19-/m1/s1. The number of hydrogen-bond acceptors (Lipinski definition) is 6. The summed E-state index contributed by atoms with van der Waals surface area (Å²) in [5.74, 6) is -0.238. The van der Waals surface area contributed by atoms with Crippen LogP contribution >= 0.6 is 0 Å². The van der Waals surface area contributed by atoms with Crippen molar-refractivity contribution in [3.63, 3.8) is 0 Å².